The maximum Gasteiger partial charge on any atom is 0.414 e. The van der Waals surface area contributed by atoms with E-state index in [0.717, 1.165) is 30.7 Å². The van der Waals surface area contributed by atoms with Crippen molar-refractivity contribution in [3.63, 3.8) is 0 Å². The maximum absolute atomic E-state index is 14.0. The summed E-state index contributed by atoms with van der Waals surface area (Å²) in [6, 6.07) is 17.3. The molecule has 3 aromatic carbocycles. The van der Waals surface area contributed by atoms with Crippen LogP contribution in [0.4, 0.5) is 10.5 Å². The number of anilines is 1. The van der Waals surface area contributed by atoms with Crippen LogP contribution < -0.4 is 28.9 Å². The van der Waals surface area contributed by atoms with Crippen molar-refractivity contribution in [2.45, 2.75) is 37.8 Å². The number of pyridine rings is 1. The van der Waals surface area contributed by atoms with E-state index in [9.17, 15) is 19.9 Å². The maximum atomic E-state index is 14.0. The Balaban J connectivity index is 1.42. The van der Waals surface area contributed by atoms with Gasteiger partial charge in [0.2, 0.25) is 12.4 Å². The summed E-state index contributed by atoms with van der Waals surface area (Å²) in [6.45, 7) is 2.79. The molecule has 0 aliphatic carbocycles. The Morgan fingerprint density at radius 2 is 1.63 bits per heavy atom. The third-order valence-electron chi connectivity index (χ3n) is 9.79. The number of hydrogen-bond acceptors (Lipinski definition) is 9. The van der Waals surface area contributed by atoms with E-state index >= 15 is 0 Å². The first-order valence-corrected chi connectivity index (χ1v) is 17.3. The quantitative estimate of drug-likeness (QED) is 0.148. The molecular formula is C38H39Cl2N3O8. The predicted octanol–water partition coefficient (Wildman–Crippen LogP) is 5.52. The van der Waals surface area contributed by atoms with Crippen molar-refractivity contribution in [3.8, 4) is 17.2 Å². The molecule has 1 aromatic heterocycles. The van der Waals surface area contributed by atoms with Crippen LogP contribution in [-0.2, 0) is 17.7 Å². The molecule has 11 nitrogen and oxygen atoms in total. The fourth-order valence-corrected chi connectivity index (χ4v) is 7.65. The van der Waals surface area contributed by atoms with E-state index in [-0.39, 0.29) is 34.7 Å². The highest BCUT2D eigenvalue weighted by Crippen LogP contribution is 2.39. The van der Waals surface area contributed by atoms with Crippen LogP contribution in [0.1, 0.15) is 51.4 Å². The molecule has 51 heavy (non-hydrogen) atoms. The third kappa shape index (κ3) is 7.96. The van der Waals surface area contributed by atoms with Gasteiger partial charge in [-0.25, -0.2) is 4.79 Å². The molecule has 3 saturated heterocycles. The van der Waals surface area contributed by atoms with E-state index in [1.807, 2.05) is 6.07 Å². The molecule has 4 aromatic rings. The lowest BCUT2D eigenvalue weighted by molar-refractivity contribution is -0.904. The van der Waals surface area contributed by atoms with Crippen LogP contribution >= 0.6 is 23.2 Å². The zero-order valence-electron chi connectivity index (χ0n) is 28.5. The van der Waals surface area contributed by atoms with Crippen molar-refractivity contribution >= 4 is 41.0 Å². The van der Waals surface area contributed by atoms with Gasteiger partial charge in [0.15, 0.2) is 11.5 Å². The smallest absolute Gasteiger partial charge is 0.414 e. The highest BCUT2D eigenvalue weighted by atomic mass is 35.5. The Morgan fingerprint density at radius 3 is 2.22 bits per heavy atom. The predicted molar refractivity (Wildman–Crippen MR) is 188 cm³/mol. The topological polar surface area (TPSA) is 125 Å². The summed E-state index contributed by atoms with van der Waals surface area (Å²) in [5, 5.41) is 23.1. The summed E-state index contributed by atoms with van der Waals surface area (Å²) in [5.74, 6) is -0.171. The molecule has 0 radical (unpaired) electrons. The van der Waals surface area contributed by atoms with Gasteiger partial charge in [0, 0.05) is 34.0 Å². The molecule has 268 valence electrons. The van der Waals surface area contributed by atoms with E-state index in [2.05, 4.69) is 4.90 Å². The molecule has 2 bridgehead atoms. The van der Waals surface area contributed by atoms with Gasteiger partial charge in [-0.3, -0.25) is 15.0 Å². The summed E-state index contributed by atoms with van der Waals surface area (Å²) in [7, 11) is 4.61. The number of benzene rings is 3. The Morgan fingerprint density at radius 1 is 0.941 bits per heavy atom. The Bertz CT molecular complexity index is 1880. The van der Waals surface area contributed by atoms with E-state index in [4.69, 9.17) is 42.1 Å². The van der Waals surface area contributed by atoms with Gasteiger partial charge in [-0.05, 0) is 91.4 Å². The van der Waals surface area contributed by atoms with Crippen molar-refractivity contribution in [3.05, 3.63) is 111 Å². The van der Waals surface area contributed by atoms with Crippen molar-refractivity contribution in [2.24, 2.45) is 5.92 Å². The third-order valence-corrected chi connectivity index (χ3v) is 10.4. The minimum Gasteiger partial charge on any atom is -0.545 e. The highest BCUT2D eigenvalue weighted by Gasteiger charge is 2.37. The number of methoxy groups -OCH3 is 3. The zero-order valence-corrected chi connectivity index (χ0v) is 30.0. The second-order valence-corrected chi connectivity index (χ2v) is 13.6. The number of ether oxygens (including phenoxy) is 4. The lowest BCUT2D eigenvalue weighted by Crippen LogP contribution is -2.53. The zero-order chi connectivity index (χ0) is 36.2. The molecule has 3 aliphatic rings. The van der Waals surface area contributed by atoms with Gasteiger partial charge in [-0.2, -0.15) is 0 Å². The number of carbonyl (C=O) groups is 2. The molecule has 7 rings (SSSR count). The second kappa shape index (κ2) is 15.7. The molecule has 0 saturated carbocycles. The highest BCUT2D eigenvalue weighted by molar-refractivity contribution is 6.35. The molecule has 3 aliphatic heterocycles. The van der Waals surface area contributed by atoms with Crippen molar-refractivity contribution < 1.29 is 43.6 Å². The number of nitrogens with zero attached hydrogens (tertiary/aromatic N) is 3. The van der Waals surface area contributed by atoms with Crippen LogP contribution in [0.15, 0.2) is 73.1 Å². The van der Waals surface area contributed by atoms with Gasteiger partial charge in [-0.15, -0.1) is 0 Å². The van der Waals surface area contributed by atoms with Crippen molar-refractivity contribution in [1.82, 2.24) is 4.90 Å². The van der Waals surface area contributed by atoms with E-state index in [1.54, 1.807) is 60.5 Å². The van der Waals surface area contributed by atoms with Crippen LogP contribution in [0.3, 0.4) is 0 Å². The van der Waals surface area contributed by atoms with E-state index in [0.29, 0.717) is 57.7 Å². The fourth-order valence-electron chi connectivity index (χ4n) is 7.04. The average molecular weight is 737 g/mol. The van der Waals surface area contributed by atoms with Gasteiger partial charge < -0.3 is 28.8 Å². The number of rotatable bonds is 12. The fraction of sp³-hybridized carbons (Fsp3) is 0.342. The number of amides is 1. The number of hydrogen-bond donors (Lipinski definition) is 1. The van der Waals surface area contributed by atoms with Gasteiger partial charge in [0.05, 0.1) is 33.8 Å². The number of aromatic carboxylic acids is 1. The van der Waals surface area contributed by atoms with Crippen LogP contribution in [0, 0.1) is 5.92 Å². The SMILES string of the molecule is COc1ccc(N(Cc2ccc(C(=O)[O-])c([C@@H](Cc3c(Cl)c[n+](O)cc3Cl)c3ccc(OC)c(OC)c3)c2)C(=O)O[C@H]2CN3CCC2CC3)cc1. The summed E-state index contributed by atoms with van der Waals surface area (Å²) in [5.41, 5.74) is 2.73. The number of carbonyl (C=O) groups excluding carboxylic acids is 2. The summed E-state index contributed by atoms with van der Waals surface area (Å²) >= 11 is 13.2. The number of carboxylic acids is 1. The number of fused-ring (bicyclic) bond motifs is 3. The second-order valence-electron chi connectivity index (χ2n) is 12.7. The molecule has 3 fully saturated rings. The summed E-state index contributed by atoms with van der Waals surface area (Å²) < 4.78 is 23.3. The van der Waals surface area contributed by atoms with Gasteiger partial charge in [-0.1, -0.05) is 47.5 Å². The number of aromatic nitrogens is 1. The van der Waals surface area contributed by atoms with Crippen LogP contribution in [0.2, 0.25) is 10.0 Å². The normalized spacial score (nSPS) is 18.5. The van der Waals surface area contributed by atoms with Gasteiger partial charge in [0.1, 0.15) is 21.9 Å². The largest absolute Gasteiger partial charge is 0.545 e. The van der Waals surface area contributed by atoms with Crippen LogP contribution in [-0.4, -0.2) is 69.2 Å². The molecule has 4 heterocycles. The minimum atomic E-state index is -1.38. The monoisotopic (exact) mass is 735 g/mol. The van der Waals surface area contributed by atoms with E-state index < -0.39 is 18.0 Å². The lowest BCUT2D eigenvalue weighted by Gasteiger charge is -2.44. The lowest BCUT2D eigenvalue weighted by atomic mass is 9.82. The van der Waals surface area contributed by atoms with E-state index in [1.165, 1.54) is 32.7 Å². The van der Waals surface area contributed by atoms with Crippen LogP contribution in [0.25, 0.3) is 0 Å². The molecular weight excluding hydrogens is 697 g/mol. The average Bonchev–Trinajstić information content (AvgIpc) is 3.13. The number of carboxylic acid groups (broad SMARTS) is 1. The standard InChI is InChI=1S/C38H39Cl2N3O8/c1-48-27-8-6-26(7-9-27)43(38(46)51-36-22-41-14-12-24(36)13-15-41)19-23-4-10-28(37(44)45)30(16-23)29(18-31-32(39)20-42(47)21-33(31)40)25-5-11-34(49-2)35(17-25)50-3/h4-11,16-17,20-21,24,29,36H,12-15,18-19,22H2,1-3H3,(H-,44,45,47)/t29-,36-/m0/s1. The first kappa shape index (κ1) is 36.1. The molecule has 0 spiro atoms. The van der Waals surface area contributed by atoms with Gasteiger partial charge in [0.25, 0.3) is 0 Å². The minimum absolute atomic E-state index is 0.0511. The number of halogens is 2. The number of piperidine rings is 3. The van der Waals surface area contributed by atoms with Crippen LogP contribution in [0.5, 0.6) is 17.2 Å². The summed E-state index contributed by atoms with van der Waals surface area (Å²) in [6.07, 6.45) is 4.00. The first-order chi connectivity index (χ1) is 24.6. The molecule has 2 atom stereocenters. The summed E-state index contributed by atoms with van der Waals surface area (Å²) in [4.78, 5) is 30.6. The molecule has 1 amide bonds. The Hall–Kier alpha value is -4.71. The van der Waals surface area contributed by atoms with Gasteiger partial charge >= 0.3 is 6.09 Å². The van der Waals surface area contributed by atoms with Crippen molar-refractivity contribution in [2.75, 3.05) is 45.9 Å². The molecule has 1 N–H and O–H groups in total. The Kier molecular flexibility index (Phi) is 11.1. The first-order valence-electron chi connectivity index (χ1n) is 16.6. The Labute approximate surface area is 306 Å². The molecule has 13 heteroatoms. The molecule has 0 unspecified atom stereocenters. The van der Waals surface area contributed by atoms with Crippen molar-refractivity contribution in [1.29, 1.82) is 0 Å².